The van der Waals surface area contributed by atoms with Gasteiger partial charge in [0.1, 0.15) is 6.04 Å². The third-order valence-electron chi connectivity index (χ3n) is 3.13. The number of likely N-dealkylation sites (tertiary alicyclic amines) is 1. The molecule has 0 saturated carbocycles. The van der Waals surface area contributed by atoms with Gasteiger partial charge in [0.05, 0.1) is 0 Å². The summed E-state index contributed by atoms with van der Waals surface area (Å²) in [6.07, 6.45) is 3.67. The molecule has 1 unspecified atom stereocenters. The van der Waals surface area contributed by atoms with Gasteiger partial charge in [-0.2, -0.15) is 0 Å². The Bertz CT molecular complexity index is 435. The quantitative estimate of drug-likeness (QED) is 0.833. The highest BCUT2D eigenvalue weighted by molar-refractivity contribution is 7.13. The van der Waals surface area contributed by atoms with Crippen LogP contribution < -0.4 is 10.6 Å². The summed E-state index contributed by atoms with van der Waals surface area (Å²) < 4.78 is 0. The van der Waals surface area contributed by atoms with E-state index in [9.17, 15) is 9.59 Å². The van der Waals surface area contributed by atoms with Crippen LogP contribution in [0.2, 0.25) is 0 Å². The van der Waals surface area contributed by atoms with E-state index >= 15 is 0 Å². The molecule has 7 heteroatoms. The van der Waals surface area contributed by atoms with Gasteiger partial charge in [-0.3, -0.25) is 9.59 Å². The van der Waals surface area contributed by atoms with Crippen molar-refractivity contribution < 1.29 is 9.59 Å². The number of nitrogens with one attached hydrogen (secondary N) is 2. The Morgan fingerprint density at radius 2 is 2.42 bits per heavy atom. The lowest BCUT2D eigenvalue weighted by atomic mass is 10.2. The molecule has 0 aliphatic carbocycles. The number of hydrogen-bond acceptors (Lipinski definition) is 5. The smallest absolute Gasteiger partial charge is 0.248 e. The summed E-state index contributed by atoms with van der Waals surface area (Å²) in [4.78, 5) is 29.9. The van der Waals surface area contributed by atoms with Crippen LogP contribution in [0, 0.1) is 0 Å². The number of carbonyl (C=O) groups is 2. The molecule has 19 heavy (non-hydrogen) atoms. The molecule has 0 bridgehead atoms. The van der Waals surface area contributed by atoms with E-state index in [2.05, 4.69) is 15.6 Å². The van der Waals surface area contributed by atoms with E-state index in [1.54, 1.807) is 16.5 Å². The van der Waals surface area contributed by atoms with Gasteiger partial charge in [0, 0.05) is 31.1 Å². The van der Waals surface area contributed by atoms with Crippen molar-refractivity contribution in [2.24, 2.45) is 0 Å². The number of hydrogen-bond donors (Lipinski definition) is 2. The number of carbonyl (C=O) groups excluding carboxylic acids is 2. The minimum Gasteiger partial charge on any atom is -0.331 e. The lowest BCUT2D eigenvalue weighted by molar-refractivity contribution is -0.136. The molecule has 1 aliphatic rings. The monoisotopic (exact) mass is 282 g/mol. The number of aromatic nitrogens is 1. The summed E-state index contributed by atoms with van der Waals surface area (Å²) in [5, 5.41) is 8.10. The van der Waals surface area contributed by atoms with Crippen LogP contribution in [0.3, 0.4) is 0 Å². The molecule has 1 saturated heterocycles. The fourth-order valence-electron chi connectivity index (χ4n) is 2.19. The molecule has 2 amide bonds. The maximum atomic E-state index is 12.1. The van der Waals surface area contributed by atoms with Crippen molar-refractivity contribution in [3.8, 4) is 0 Å². The molecule has 2 N–H and O–H groups in total. The molecule has 1 aromatic rings. The van der Waals surface area contributed by atoms with Crippen molar-refractivity contribution in [2.75, 3.05) is 25.5 Å². The minimum atomic E-state index is -0.353. The van der Waals surface area contributed by atoms with Crippen molar-refractivity contribution in [2.45, 2.75) is 25.3 Å². The Balaban J connectivity index is 1.94. The van der Waals surface area contributed by atoms with Crippen molar-refractivity contribution in [1.82, 2.24) is 15.2 Å². The Labute approximate surface area is 116 Å². The van der Waals surface area contributed by atoms with Crippen LogP contribution in [-0.2, 0) is 9.59 Å². The molecule has 0 aromatic carbocycles. The molecule has 6 nitrogen and oxygen atoms in total. The maximum Gasteiger partial charge on any atom is 0.248 e. The fourth-order valence-corrected chi connectivity index (χ4v) is 2.72. The van der Waals surface area contributed by atoms with Crippen LogP contribution in [0.1, 0.15) is 19.3 Å². The highest BCUT2D eigenvalue weighted by atomic mass is 32.1. The molecule has 0 radical (unpaired) electrons. The van der Waals surface area contributed by atoms with E-state index in [4.69, 9.17) is 0 Å². The van der Waals surface area contributed by atoms with Crippen LogP contribution in [-0.4, -0.2) is 47.9 Å². The third-order valence-corrected chi connectivity index (χ3v) is 3.82. The van der Waals surface area contributed by atoms with Crippen LogP contribution in [0.25, 0.3) is 0 Å². The van der Waals surface area contributed by atoms with Gasteiger partial charge in [0.15, 0.2) is 5.13 Å². The zero-order valence-electron chi connectivity index (χ0n) is 10.9. The molecule has 104 valence electrons. The minimum absolute atomic E-state index is 0.0335. The first kappa shape index (κ1) is 14.0. The van der Waals surface area contributed by atoms with E-state index in [1.807, 2.05) is 7.05 Å². The van der Waals surface area contributed by atoms with Crippen LogP contribution in [0.4, 0.5) is 5.13 Å². The van der Waals surface area contributed by atoms with Gasteiger partial charge in [0.25, 0.3) is 0 Å². The second-order valence-electron chi connectivity index (χ2n) is 4.43. The van der Waals surface area contributed by atoms with Crippen LogP contribution >= 0.6 is 11.3 Å². The lowest BCUT2D eigenvalue weighted by Crippen LogP contribution is -2.43. The molecule has 2 heterocycles. The lowest BCUT2D eigenvalue weighted by Gasteiger charge is -2.23. The normalized spacial score (nSPS) is 18.6. The molecule has 1 fully saturated rings. The topological polar surface area (TPSA) is 74.3 Å². The summed E-state index contributed by atoms with van der Waals surface area (Å²) in [5.74, 6) is -0.101. The van der Waals surface area contributed by atoms with E-state index < -0.39 is 0 Å². The maximum absolute atomic E-state index is 12.1. The second-order valence-corrected chi connectivity index (χ2v) is 5.32. The summed E-state index contributed by atoms with van der Waals surface area (Å²) in [6, 6.07) is -0.353. The van der Waals surface area contributed by atoms with Gasteiger partial charge in [-0.25, -0.2) is 4.98 Å². The van der Waals surface area contributed by atoms with Gasteiger partial charge in [-0.1, -0.05) is 0 Å². The number of thiazole rings is 1. The molecule has 2 rings (SSSR count). The van der Waals surface area contributed by atoms with Gasteiger partial charge < -0.3 is 15.5 Å². The largest absolute Gasteiger partial charge is 0.331 e. The molecule has 1 aromatic heterocycles. The number of nitrogens with zero attached hydrogens (tertiary/aromatic N) is 2. The molecular formula is C12H18N4O2S. The summed E-state index contributed by atoms with van der Waals surface area (Å²) in [6.45, 7) is 1.30. The number of anilines is 1. The van der Waals surface area contributed by atoms with Gasteiger partial charge in [-0.05, 0) is 19.9 Å². The van der Waals surface area contributed by atoms with Crippen molar-refractivity contribution >= 4 is 28.3 Å². The van der Waals surface area contributed by atoms with Crippen molar-refractivity contribution in [3.05, 3.63) is 11.6 Å². The van der Waals surface area contributed by atoms with E-state index in [0.717, 1.165) is 12.8 Å². The van der Waals surface area contributed by atoms with Gasteiger partial charge in [-0.15, -0.1) is 11.3 Å². The van der Waals surface area contributed by atoms with Gasteiger partial charge in [0.2, 0.25) is 11.8 Å². The average Bonchev–Trinajstić information content (AvgIpc) is 3.05. The predicted molar refractivity (Wildman–Crippen MR) is 74.0 cm³/mol. The zero-order chi connectivity index (χ0) is 13.7. The van der Waals surface area contributed by atoms with E-state index in [-0.39, 0.29) is 17.9 Å². The Hall–Kier alpha value is -1.47. The molecular weight excluding hydrogens is 264 g/mol. The first-order chi connectivity index (χ1) is 9.22. The Morgan fingerprint density at radius 3 is 3.11 bits per heavy atom. The first-order valence-electron chi connectivity index (χ1n) is 6.37. The highest BCUT2D eigenvalue weighted by Crippen LogP contribution is 2.20. The Kier molecular flexibility index (Phi) is 4.86. The fraction of sp³-hybridized carbons (Fsp3) is 0.583. The van der Waals surface area contributed by atoms with Gasteiger partial charge >= 0.3 is 0 Å². The second kappa shape index (κ2) is 6.63. The predicted octanol–water partition coefficient (Wildman–Crippen LogP) is 0.682. The zero-order valence-corrected chi connectivity index (χ0v) is 11.7. The number of rotatable bonds is 5. The summed E-state index contributed by atoms with van der Waals surface area (Å²) in [5.41, 5.74) is 0. The Morgan fingerprint density at radius 1 is 1.58 bits per heavy atom. The third kappa shape index (κ3) is 3.51. The molecule has 1 aliphatic heterocycles. The molecule has 1 atom stereocenters. The SMILES string of the molecule is CNCCC(=O)N1CCCC1C(=O)Nc1nccs1. The van der Waals surface area contributed by atoms with Crippen LogP contribution in [0.5, 0.6) is 0 Å². The van der Waals surface area contributed by atoms with Crippen LogP contribution in [0.15, 0.2) is 11.6 Å². The highest BCUT2D eigenvalue weighted by Gasteiger charge is 2.33. The first-order valence-corrected chi connectivity index (χ1v) is 7.24. The summed E-state index contributed by atoms with van der Waals surface area (Å²) in [7, 11) is 1.81. The number of amides is 2. The van der Waals surface area contributed by atoms with E-state index in [0.29, 0.717) is 24.6 Å². The average molecular weight is 282 g/mol. The van der Waals surface area contributed by atoms with E-state index in [1.165, 1.54) is 11.3 Å². The molecule has 0 spiro atoms. The van der Waals surface area contributed by atoms with Crippen molar-refractivity contribution in [1.29, 1.82) is 0 Å². The summed E-state index contributed by atoms with van der Waals surface area (Å²) >= 11 is 1.38. The standard InChI is InChI=1S/C12H18N4O2S/c1-13-5-4-10(17)16-7-2-3-9(16)11(18)15-12-14-6-8-19-12/h6,8-9,13H,2-5,7H2,1H3,(H,14,15,18). The van der Waals surface area contributed by atoms with Crippen molar-refractivity contribution in [3.63, 3.8) is 0 Å².